The second kappa shape index (κ2) is 3.65. The van der Waals surface area contributed by atoms with Crippen molar-refractivity contribution in [1.29, 1.82) is 0 Å². The molecule has 1 aromatic rings. The van der Waals surface area contributed by atoms with Gasteiger partial charge in [0.2, 0.25) is 0 Å². The van der Waals surface area contributed by atoms with Crippen LogP contribution in [0.2, 0.25) is 0 Å². The Bertz CT molecular complexity index is 197. The van der Waals surface area contributed by atoms with Crippen molar-refractivity contribution in [3.8, 4) is 0 Å². The predicted molar refractivity (Wildman–Crippen MR) is 43.0 cm³/mol. The van der Waals surface area contributed by atoms with Crippen molar-refractivity contribution in [2.24, 2.45) is 5.84 Å². The van der Waals surface area contributed by atoms with Crippen LogP contribution in [0.1, 0.15) is 5.56 Å². The fraction of sp³-hybridized carbons (Fsp3) is 0.167. The van der Waals surface area contributed by atoms with E-state index in [0.29, 0.717) is 6.54 Å². The van der Waals surface area contributed by atoms with Crippen molar-refractivity contribution in [2.75, 3.05) is 0 Å². The second-order valence-electron chi connectivity index (χ2n) is 1.87. The third-order valence-corrected chi connectivity index (χ3v) is 1.56. The summed E-state index contributed by atoms with van der Waals surface area (Å²) >= 11 is 3.23. The Hall–Kier alpha value is -0.450. The largest absolute Gasteiger partial charge is 0.271 e. The molecule has 0 unspecified atom stereocenters. The zero-order chi connectivity index (χ0) is 7.40. The Kier molecular flexibility index (Phi) is 2.80. The Morgan fingerprint density at radius 3 is 2.90 bits per heavy atom. The van der Waals surface area contributed by atoms with Crippen LogP contribution in [0, 0.1) is 0 Å². The number of nitrogens with two attached hydrogens (primary N) is 1. The molecule has 10 heavy (non-hydrogen) atoms. The number of halogens is 1. The van der Waals surface area contributed by atoms with E-state index in [2.05, 4.69) is 26.3 Å². The minimum absolute atomic E-state index is 0.653. The third kappa shape index (κ3) is 2.06. The zero-order valence-electron chi connectivity index (χ0n) is 5.34. The Labute approximate surface area is 67.7 Å². The van der Waals surface area contributed by atoms with Crippen molar-refractivity contribution >= 4 is 15.9 Å². The smallest absolute Gasteiger partial charge is 0.106 e. The average Bonchev–Trinajstić information content (AvgIpc) is 1.95. The maximum atomic E-state index is 5.11. The summed E-state index contributed by atoms with van der Waals surface area (Å²) in [5.41, 5.74) is 3.62. The molecule has 1 rings (SSSR count). The maximum Gasteiger partial charge on any atom is 0.106 e. The number of hydrogen-bond donors (Lipinski definition) is 2. The van der Waals surface area contributed by atoms with Crippen LogP contribution in [0.5, 0.6) is 0 Å². The highest BCUT2D eigenvalue weighted by molar-refractivity contribution is 9.10. The topological polar surface area (TPSA) is 50.9 Å². The Morgan fingerprint density at radius 2 is 2.40 bits per heavy atom. The number of hydrogen-bond acceptors (Lipinski definition) is 3. The van der Waals surface area contributed by atoms with Crippen molar-refractivity contribution < 1.29 is 0 Å². The fourth-order valence-electron chi connectivity index (χ4n) is 0.629. The van der Waals surface area contributed by atoms with Gasteiger partial charge in [0, 0.05) is 12.7 Å². The summed E-state index contributed by atoms with van der Waals surface area (Å²) in [6, 6.07) is 3.84. The first-order valence-electron chi connectivity index (χ1n) is 2.87. The van der Waals surface area contributed by atoms with Gasteiger partial charge >= 0.3 is 0 Å². The molecule has 0 aliphatic carbocycles. The van der Waals surface area contributed by atoms with Gasteiger partial charge in [0.1, 0.15) is 4.60 Å². The van der Waals surface area contributed by atoms with Crippen LogP contribution in [-0.2, 0) is 6.54 Å². The molecule has 3 nitrogen and oxygen atoms in total. The molecule has 0 aliphatic rings. The SMILES string of the molecule is NNCc1ccc(Br)nc1. The molecule has 0 atom stereocenters. The number of nitrogens with one attached hydrogen (secondary N) is 1. The van der Waals surface area contributed by atoms with E-state index in [0.717, 1.165) is 10.2 Å². The van der Waals surface area contributed by atoms with Crippen LogP contribution < -0.4 is 11.3 Å². The normalized spacial score (nSPS) is 9.80. The van der Waals surface area contributed by atoms with Gasteiger partial charge in [-0.1, -0.05) is 6.07 Å². The molecule has 0 spiro atoms. The van der Waals surface area contributed by atoms with Crippen LogP contribution in [0.25, 0.3) is 0 Å². The van der Waals surface area contributed by atoms with E-state index in [4.69, 9.17) is 5.84 Å². The highest BCUT2D eigenvalue weighted by atomic mass is 79.9. The number of pyridine rings is 1. The van der Waals surface area contributed by atoms with Gasteiger partial charge in [-0.25, -0.2) is 4.98 Å². The van der Waals surface area contributed by atoms with Crippen LogP contribution in [0.3, 0.4) is 0 Å². The minimum atomic E-state index is 0.653. The van der Waals surface area contributed by atoms with Gasteiger partial charge in [-0.3, -0.25) is 11.3 Å². The van der Waals surface area contributed by atoms with Crippen LogP contribution in [0.15, 0.2) is 22.9 Å². The minimum Gasteiger partial charge on any atom is -0.271 e. The molecule has 0 fully saturated rings. The molecule has 0 aromatic carbocycles. The van der Waals surface area contributed by atoms with Crippen LogP contribution in [0.4, 0.5) is 0 Å². The van der Waals surface area contributed by atoms with Crippen molar-refractivity contribution in [1.82, 2.24) is 10.4 Å². The molecule has 1 aromatic heterocycles. The van der Waals surface area contributed by atoms with Crippen LogP contribution >= 0.6 is 15.9 Å². The summed E-state index contributed by atoms with van der Waals surface area (Å²) in [4.78, 5) is 4.02. The molecular weight excluding hydrogens is 194 g/mol. The lowest BCUT2D eigenvalue weighted by atomic mass is 10.3. The maximum absolute atomic E-state index is 5.11. The van der Waals surface area contributed by atoms with Gasteiger partial charge in [0.15, 0.2) is 0 Å². The summed E-state index contributed by atoms with van der Waals surface area (Å²) in [5.74, 6) is 5.11. The molecule has 1 heterocycles. The number of rotatable bonds is 2. The standard InChI is InChI=1S/C6H8BrN3/c7-6-2-1-5(3-9-6)4-10-8/h1-3,10H,4,8H2. The third-order valence-electron chi connectivity index (χ3n) is 1.09. The van der Waals surface area contributed by atoms with E-state index >= 15 is 0 Å². The zero-order valence-corrected chi connectivity index (χ0v) is 6.93. The molecule has 0 saturated carbocycles. The molecule has 0 bridgehead atoms. The van der Waals surface area contributed by atoms with Crippen molar-refractivity contribution in [3.63, 3.8) is 0 Å². The van der Waals surface area contributed by atoms with E-state index in [1.165, 1.54) is 0 Å². The fourth-order valence-corrected chi connectivity index (χ4v) is 0.863. The van der Waals surface area contributed by atoms with Crippen LogP contribution in [-0.4, -0.2) is 4.98 Å². The van der Waals surface area contributed by atoms with Gasteiger partial charge in [-0.05, 0) is 27.6 Å². The predicted octanol–water partition coefficient (Wildman–Crippen LogP) is 0.807. The highest BCUT2D eigenvalue weighted by Gasteiger charge is 1.89. The van der Waals surface area contributed by atoms with E-state index in [1.54, 1.807) is 6.20 Å². The van der Waals surface area contributed by atoms with E-state index < -0.39 is 0 Å². The number of hydrazine groups is 1. The average molecular weight is 202 g/mol. The van der Waals surface area contributed by atoms with Crippen molar-refractivity contribution in [2.45, 2.75) is 6.54 Å². The van der Waals surface area contributed by atoms with Gasteiger partial charge in [-0.2, -0.15) is 0 Å². The first-order valence-corrected chi connectivity index (χ1v) is 3.66. The van der Waals surface area contributed by atoms with Gasteiger partial charge in [0.05, 0.1) is 0 Å². The first-order chi connectivity index (χ1) is 4.83. The lowest BCUT2D eigenvalue weighted by Crippen LogP contribution is -2.20. The summed E-state index contributed by atoms with van der Waals surface area (Å²) in [5, 5.41) is 0. The molecule has 0 radical (unpaired) electrons. The highest BCUT2D eigenvalue weighted by Crippen LogP contribution is 2.05. The van der Waals surface area contributed by atoms with Crippen molar-refractivity contribution in [3.05, 3.63) is 28.5 Å². The molecule has 3 N–H and O–H groups in total. The first kappa shape index (κ1) is 7.65. The molecular formula is C6H8BrN3. The summed E-state index contributed by atoms with van der Waals surface area (Å²) in [7, 11) is 0. The monoisotopic (exact) mass is 201 g/mol. The van der Waals surface area contributed by atoms with E-state index in [-0.39, 0.29) is 0 Å². The van der Waals surface area contributed by atoms with E-state index in [1.807, 2.05) is 12.1 Å². The Morgan fingerprint density at radius 1 is 1.60 bits per heavy atom. The summed E-state index contributed by atoms with van der Waals surface area (Å²) in [6.45, 7) is 0.653. The molecule has 0 aliphatic heterocycles. The van der Waals surface area contributed by atoms with E-state index in [9.17, 15) is 0 Å². The summed E-state index contributed by atoms with van der Waals surface area (Å²) in [6.07, 6.45) is 1.77. The molecule has 4 heteroatoms. The molecule has 0 saturated heterocycles. The summed E-state index contributed by atoms with van der Waals surface area (Å²) < 4.78 is 0.841. The molecule has 54 valence electrons. The number of aromatic nitrogens is 1. The lowest BCUT2D eigenvalue weighted by molar-refractivity contribution is 0.738. The molecule has 0 amide bonds. The van der Waals surface area contributed by atoms with Gasteiger partial charge in [0.25, 0.3) is 0 Å². The van der Waals surface area contributed by atoms with Gasteiger partial charge in [-0.15, -0.1) is 0 Å². The lowest BCUT2D eigenvalue weighted by Gasteiger charge is -1.97. The Balaban J connectivity index is 2.69. The number of nitrogens with zero attached hydrogens (tertiary/aromatic N) is 1. The van der Waals surface area contributed by atoms with Gasteiger partial charge < -0.3 is 0 Å². The quantitative estimate of drug-likeness (QED) is 0.423. The second-order valence-corrected chi connectivity index (χ2v) is 2.68.